The van der Waals surface area contributed by atoms with Crippen LogP contribution in [0.2, 0.25) is 0 Å². The van der Waals surface area contributed by atoms with Crippen molar-refractivity contribution in [2.45, 2.75) is 49.3 Å². The summed E-state index contributed by atoms with van der Waals surface area (Å²) in [4.78, 5) is 4.26. The first-order chi connectivity index (χ1) is 7.93. The average molecular weight is 276 g/mol. The van der Waals surface area contributed by atoms with Crippen LogP contribution in [0.1, 0.15) is 44.9 Å². The molecule has 0 unspecified atom stereocenters. The SMILES string of the molecule is SCCCCCCCCCSc1nccs1. The number of hydrogen-bond acceptors (Lipinski definition) is 4. The van der Waals surface area contributed by atoms with Crippen LogP contribution in [-0.4, -0.2) is 16.5 Å². The van der Waals surface area contributed by atoms with Gasteiger partial charge in [-0.15, -0.1) is 11.3 Å². The van der Waals surface area contributed by atoms with Gasteiger partial charge in [-0.3, -0.25) is 0 Å². The van der Waals surface area contributed by atoms with E-state index >= 15 is 0 Å². The lowest BCUT2D eigenvalue weighted by atomic mass is 10.1. The van der Waals surface area contributed by atoms with Gasteiger partial charge in [0.2, 0.25) is 0 Å². The van der Waals surface area contributed by atoms with Gasteiger partial charge < -0.3 is 0 Å². The van der Waals surface area contributed by atoms with Crippen LogP contribution in [0.3, 0.4) is 0 Å². The molecule has 0 N–H and O–H groups in total. The summed E-state index contributed by atoms with van der Waals surface area (Å²) in [5.41, 5.74) is 0. The Kier molecular flexibility index (Phi) is 9.43. The maximum atomic E-state index is 4.26. The number of nitrogens with zero attached hydrogens (tertiary/aromatic N) is 1. The summed E-state index contributed by atoms with van der Waals surface area (Å²) < 4.78 is 1.22. The highest BCUT2D eigenvalue weighted by Gasteiger charge is 1.96. The molecule has 0 aliphatic heterocycles. The van der Waals surface area contributed by atoms with E-state index in [-0.39, 0.29) is 0 Å². The lowest BCUT2D eigenvalue weighted by molar-refractivity contribution is 0.605. The zero-order valence-corrected chi connectivity index (χ0v) is 12.3. The molecule has 0 amide bonds. The zero-order chi connectivity index (χ0) is 11.5. The highest BCUT2D eigenvalue weighted by molar-refractivity contribution is 8.00. The van der Waals surface area contributed by atoms with Crippen molar-refractivity contribution in [3.8, 4) is 0 Å². The van der Waals surface area contributed by atoms with E-state index in [1.54, 1.807) is 11.3 Å². The van der Waals surface area contributed by atoms with E-state index in [1.807, 2.05) is 23.3 Å². The third-order valence-electron chi connectivity index (χ3n) is 2.44. The van der Waals surface area contributed by atoms with Crippen molar-refractivity contribution >= 4 is 35.7 Å². The summed E-state index contributed by atoms with van der Waals surface area (Å²) in [6.07, 6.45) is 11.4. The molecule has 0 aliphatic carbocycles. The van der Waals surface area contributed by atoms with E-state index in [9.17, 15) is 0 Å². The molecule has 0 saturated carbocycles. The fourth-order valence-corrected chi connectivity index (χ4v) is 3.47. The number of thiol groups is 1. The van der Waals surface area contributed by atoms with E-state index in [1.165, 1.54) is 55.0 Å². The van der Waals surface area contributed by atoms with Crippen LogP contribution >= 0.6 is 35.7 Å². The second-order valence-electron chi connectivity index (χ2n) is 3.84. The van der Waals surface area contributed by atoms with E-state index in [0.29, 0.717) is 0 Å². The van der Waals surface area contributed by atoms with Crippen molar-refractivity contribution < 1.29 is 0 Å². The minimum Gasteiger partial charge on any atom is -0.238 e. The van der Waals surface area contributed by atoms with Gasteiger partial charge in [0.25, 0.3) is 0 Å². The smallest absolute Gasteiger partial charge is 0.149 e. The van der Waals surface area contributed by atoms with E-state index < -0.39 is 0 Å². The Morgan fingerprint density at radius 2 is 1.75 bits per heavy atom. The molecule has 1 heterocycles. The van der Waals surface area contributed by atoms with Gasteiger partial charge in [-0.25, -0.2) is 4.98 Å². The molecule has 0 radical (unpaired) electrons. The van der Waals surface area contributed by atoms with Crippen LogP contribution in [0.15, 0.2) is 15.9 Å². The van der Waals surface area contributed by atoms with E-state index in [0.717, 1.165) is 5.75 Å². The second-order valence-corrected chi connectivity index (χ2v) is 6.53. The minimum absolute atomic E-state index is 1.05. The first-order valence-corrected chi connectivity index (χ1v) is 8.56. The summed E-state index contributed by atoms with van der Waals surface area (Å²) >= 11 is 7.85. The Hall–Kier alpha value is 0.330. The van der Waals surface area contributed by atoms with Crippen LogP contribution in [0, 0.1) is 0 Å². The Morgan fingerprint density at radius 3 is 2.38 bits per heavy atom. The first kappa shape index (κ1) is 14.4. The average Bonchev–Trinajstić information content (AvgIpc) is 2.80. The molecular weight excluding hydrogens is 254 g/mol. The summed E-state index contributed by atoms with van der Waals surface area (Å²) in [7, 11) is 0. The molecule has 0 bridgehead atoms. The lowest BCUT2D eigenvalue weighted by Gasteiger charge is -2.00. The highest BCUT2D eigenvalue weighted by atomic mass is 32.2. The molecular formula is C12H21NS3. The van der Waals surface area contributed by atoms with Crippen molar-refractivity contribution in [1.82, 2.24) is 4.98 Å². The topological polar surface area (TPSA) is 12.9 Å². The summed E-state index contributed by atoms with van der Waals surface area (Å²) in [6, 6.07) is 0. The minimum atomic E-state index is 1.05. The quantitative estimate of drug-likeness (QED) is 0.371. The van der Waals surface area contributed by atoms with Crippen molar-refractivity contribution in [3.05, 3.63) is 11.6 Å². The summed E-state index contributed by atoms with van der Waals surface area (Å²) in [5, 5.41) is 2.05. The van der Waals surface area contributed by atoms with E-state index in [4.69, 9.17) is 0 Å². The van der Waals surface area contributed by atoms with Crippen LogP contribution in [0.4, 0.5) is 0 Å². The van der Waals surface area contributed by atoms with Crippen molar-refractivity contribution in [2.75, 3.05) is 11.5 Å². The summed E-state index contributed by atoms with van der Waals surface area (Å²) in [5.74, 6) is 2.27. The number of hydrogen-bond donors (Lipinski definition) is 1. The normalized spacial score (nSPS) is 10.8. The molecule has 16 heavy (non-hydrogen) atoms. The predicted octanol–water partition coefficient (Wildman–Crippen LogP) is 4.90. The largest absolute Gasteiger partial charge is 0.238 e. The van der Waals surface area contributed by atoms with Gasteiger partial charge in [0, 0.05) is 17.3 Å². The van der Waals surface area contributed by atoms with Gasteiger partial charge in [-0.1, -0.05) is 43.9 Å². The summed E-state index contributed by atoms with van der Waals surface area (Å²) in [6.45, 7) is 0. The molecule has 0 atom stereocenters. The van der Waals surface area contributed by atoms with Gasteiger partial charge in [0.15, 0.2) is 0 Å². The molecule has 0 spiro atoms. The van der Waals surface area contributed by atoms with E-state index in [2.05, 4.69) is 17.6 Å². The van der Waals surface area contributed by atoms with Crippen LogP contribution in [-0.2, 0) is 0 Å². The van der Waals surface area contributed by atoms with Crippen molar-refractivity contribution in [2.24, 2.45) is 0 Å². The van der Waals surface area contributed by atoms with Crippen LogP contribution in [0.5, 0.6) is 0 Å². The zero-order valence-electron chi connectivity index (χ0n) is 9.73. The molecule has 1 nitrogen and oxygen atoms in total. The highest BCUT2D eigenvalue weighted by Crippen LogP contribution is 2.21. The van der Waals surface area contributed by atoms with Crippen molar-refractivity contribution in [3.63, 3.8) is 0 Å². The first-order valence-electron chi connectivity index (χ1n) is 6.06. The molecule has 0 aromatic carbocycles. The van der Waals surface area contributed by atoms with Crippen molar-refractivity contribution in [1.29, 1.82) is 0 Å². The lowest BCUT2D eigenvalue weighted by Crippen LogP contribution is -1.83. The fourth-order valence-electron chi connectivity index (χ4n) is 1.54. The maximum Gasteiger partial charge on any atom is 0.149 e. The van der Waals surface area contributed by atoms with Crippen LogP contribution in [0.25, 0.3) is 0 Å². The number of unbranched alkanes of at least 4 members (excludes halogenated alkanes) is 6. The number of aromatic nitrogens is 1. The molecule has 4 heteroatoms. The number of rotatable bonds is 10. The van der Waals surface area contributed by atoms with Gasteiger partial charge in [0.05, 0.1) is 0 Å². The fraction of sp³-hybridized carbons (Fsp3) is 0.750. The Morgan fingerprint density at radius 1 is 1.06 bits per heavy atom. The Balaban J connectivity index is 1.78. The number of thioether (sulfide) groups is 1. The predicted molar refractivity (Wildman–Crippen MR) is 79.0 cm³/mol. The molecule has 0 saturated heterocycles. The number of thiazole rings is 1. The van der Waals surface area contributed by atoms with Crippen LogP contribution < -0.4 is 0 Å². The van der Waals surface area contributed by atoms with Gasteiger partial charge in [0.1, 0.15) is 4.34 Å². The molecule has 0 fully saturated rings. The molecule has 1 aromatic rings. The molecule has 1 rings (SSSR count). The third kappa shape index (κ3) is 7.58. The van der Waals surface area contributed by atoms with Gasteiger partial charge >= 0.3 is 0 Å². The maximum absolute atomic E-state index is 4.26. The third-order valence-corrected chi connectivity index (χ3v) is 4.81. The Bertz CT molecular complexity index is 236. The molecule has 1 aromatic heterocycles. The van der Waals surface area contributed by atoms with Gasteiger partial charge in [-0.2, -0.15) is 12.6 Å². The standard InChI is InChI=1S/C12H21NS3/c14-9-6-4-2-1-3-5-7-10-15-12-13-8-11-16-12/h8,11,14H,1-7,9-10H2. The second kappa shape index (κ2) is 10.5. The molecule has 92 valence electrons. The monoisotopic (exact) mass is 275 g/mol. The Labute approximate surface area is 113 Å². The van der Waals surface area contributed by atoms with Gasteiger partial charge in [-0.05, 0) is 18.6 Å². The molecule has 0 aliphatic rings.